The van der Waals surface area contributed by atoms with Gasteiger partial charge in [-0.15, -0.1) is 0 Å². The van der Waals surface area contributed by atoms with Crippen LogP contribution in [0.1, 0.15) is 6.42 Å². The van der Waals surface area contributed by atoms with Gasteiger partial charge in [0, 0.05) is 25.6 Å². The van der Waals surface area contributed by atoms with Gasteiger partial charge < -0.3 is 15.1 Å². The van der Waals surface area contributed by atoms with E-state index in [1.54, 1.807) is 0 Å². The number of aliphatic carboxylic acids is 1. The number of aliphatic hydroxyl groups excluding tert-OH is 1. The number of carbonyl (C=O) groups is 2. The maximum absolute atomic E-state index is 10.9. The minimum absolute atomic E-state index is 0.0173. The summed E-state index contributed by atoms with van der Waals surface area (Å²) in [6.07, 6.45) is 0.690. The molecule has 5 heteroatoms. The van der Waals surface area contributed by atoms with Crippen LogP contribution in [0.15, 0.2) is 0 Å². The van der Waals surface area contributed by atoms with Crippen molar-refractivity contribution in [3.8, 4) is 0 Å². The second-order valence-corrected chi connectivity index (χ2v) is 2.89. The molecule has 0 saturated carbocycles. The van der Waals surface area contributed by atoms with E-state index in [0.29, 0.717) is 19.5 Å². The second-order valence-electron chi connectivity index (χ2n) is 2.89. The molecule has 0 aliphatic carbocycles. The molecular formula is C7H11NO4. The summed E-state index contributed by atoms with van der Waals surface area (Å²) in [5.74, 6) is -2.24. The van der Waals surface area contributed by atoms with Gasteiger partial charge in [0.15, 0.2) is 0 Å². The van der Waals surface area contributed by atoms with E-state index in [1.807, 2.05) is 0 Å². The zero-order valence-corrected chi connectivity index (χ0v) is 6.56. The fourth-order valence-electron chi connectivity index (χ4n) is 1.30. The van der Waals surface area contributed by atoms with Crippen LogP contribution in [0.2, 0.25) is 0 Å². The highest BCUT2D eigenvalue weighted by molar-refractivity contribution is 6.31. The van der Waals surface area contributed by atoms with Crippen LogP contribution in [0.3, 0.4) is 0 Å². The summed E-state index contributed by atoms with van der Waals surface area (Å²) < 4.78 is 0. The molecule has 1 rings (SSSR count). The topological polar surface area (TPSA) is 77.8 Å². The van der Waals surface area contributed by atoms with E-state index in [-0.39, 0.29) is 12.5 Å². The van der Waals surface area contributed by atoms with Gasteiger partial charge in [-0.25, -0.2) is 4.79 Å². The number of carbonyl (C=O) groups excluding carboxylic acids is 1. The Morgan fingerprint density at radius 2 is 2.17 bits per heavy atom. The van der Waals surface area contributed by atoms with Crippen LogP contribution in [-0.2, 0) is 9.59 Å². The summed E-state index contributed by atoms with van der Waals surface area (Å²) in [5.41, 5.74) is 0. The predicted molar refractivity (Wildman–Crippen MR) is 39.4 cm³/mol. The van der Waals surface area contributed by atoms with Crippen molar-refractivity contribution in [2.75, 3.05) is 19.7 Å². The first-order valence-corrected chi connectivity index (χ1v) is 3.78. The third-order valence-corrected chi connectivity index (χ3v) is 2.01. The Hall–Kier alpha value is -1.10. The van der Waals surface area contributed by atoms with Crippen LogP contribution >= 0.6 is 0 Å². The van der Waals surface area contributed by atoms with Crippen molar-refractivity contribution in [1.82, 2.24) is 4.90 Å². The van der Waals surface area contributed by atoms with Gasteiger partial charge in [-0.1, -0.05) is 0 Å². The lowest BCUT2D eigenvalue weighted by Crippen LogP contribution is -2.34. The number of hydrogen-bond acceptors (Lipinski definition) is 3. The number of aliphatic hydroxyl groups is 1. The quantitative estimate of drug-likeness (QED) is 0.494. The first kappa shape index (κ1) is 8.99. The average molecular weight is 173 g/mol. The molecule has 0 aromatic rings. The van der Waals surface area contributed by atoms with E-state index >= 15 is 0 Å². The summed E-state index contributed by atoms with van der Waals surface area (Å²) in [6.45, 7) is 0.821. The maximum Gasteiger partial charge on any atom is 0.394 e. The van der Waals surface area contributed by atoms with E-state index in [9.17, 15) is 9.59 Å². The van der Waals surface area contributed by atoms with Gasteiger partial charge in [0.2, 0.25) is 0 Å². The molecular weight excluding hydrogens is 162 g/mol. The lowest BCUT2D eigenvalue weighted by atomic mass is 10.1. The highest BCUT2D eigenvalue weighted by atomic mass is 16.4. The zero-order chi connectivity index (χ0) is 9.14. The molecule has 1 amide bonds. The van der Waals surface area contributed by atoms with Crippen molar-refractivity contribution in [3.05, 3.63) is 0 Å². The summed E-state index contributed by atoms with van der Waals surface area (Å²) in [5, 5.41) is 17.1. The molecule has 12 heavy (non-hydrogen) atoms. The third-order valence-electron chi connectivity index (χ3n) is 2.01. The van der Waals surface area contributed by atoms with Gasteiger partial charge in [0.25, 0.3) is 0 Å². The Bertz CT molecular complexity index is 204. The molecule has 1 heterocycles. The fraction of sp³-hybridized carbons (Fsp3) is 0.714. The first-order chi connectivity index (χ1) is 5.65. The maximum atomic E-state index is 10.9. The summed E-state index contributed by atoms with van der Waals surface area (Å²) >= 11 is 0. The number of likely N-dealkylation sites (tertiary alicyclic amines) is 1. The molecule has 1 atom stereocenters. The largest absolute Gasteiger partial charge is 0.474 e. The lowest BCUT2D eigenvalue weighted by Gasteiger charge is -2.12. The van der Waals surface area contributed by atoms with Crippen molar-refractivity contribution in [2.45, 2.75) is 6.42 Å². The normalized spacial score (nSPS) is 22.8. The van der Waals surface area contributed by atoms with Crippen LogP contribution < -0.4 is 0 Å². The number of hydrogen-bond donors (Lipinski definition) is 2. The summed E-state index contributed by atoms with van der Waals surface area (Å²) in [7, 11) is 0. The molecule has 0 aromatic heterocycles. The van der Waals surface area contributed by atoms with Crippen molar-refractivity contribution < 1.29 is 19.8 Å². The lowest BCUT2D eigenvalue weighted by molar-refractivity contribution is -0.155. The van der Waals surface area contributed by atoms with Crippen molar-refractivity contribution >= 4 is 11.9 Å². The monoisotopic (exact) mass is 173 g/mol. The van der Waals surface area contributed by atoms with Crippen molar-refractivity contribution in [1.29, 1.82) is 0 Å². The van der Waals surface area contributed by atoms with E-state index < -0.39 is 11.9 Å². The second kappa shape index (κ2) is 3.53. The molecule has 0 aromatic carbocycles. The third kappa shape index (κ3) is 1.73. The number of amides is 1. The predicted octanol–water partition coefficient (Wildman–Crippen LogP) is -1.09. The SMILES string of the molecule is O=C(O)C(=O)N1CC[C@@H](CO)C1. The number of carboxylic acid groups (broad SMARTS) is 1. The number of rotatable bonds is 1. The molecule has 5 nitrogen and oxygen atoms in total. The highest BCUT2D eigenvalue weighted by Gasteiger charge is 2.28. The number of carboxylic acids is 1. The molecule has 0 spiro atoms. The van der Waals surface area contributed by atoms with Gasteiger partial charge in [-0.2, -0.15) is 0 Å². The molecule has 0 unspecified atom stereocenters. The average Bonchev–Trinajstić information content (AvgIpc) is 2.50. The smallest absolute Gasteiger partial charge is 0.394 e. The van der Waals surface area contributed by atoms with E-state index in [4.69, 9.17) is 10.2 Å². The Balaban J connectivity index is 2.46. The fourth-order valence-corrected chi connectivity index (χ4v) is 1.30. The Labute approximate surface area is 69.6 Å². The van der Waals surface area contributed by atoms with E-state index in [0.717, 1.165) is 0 Å². The number of nitrogens with zero attached hydrogens (tertiary/aromatic N) is 1. The van der Waals surface area contributed by atoms with Crippen molar-refractivity contribution in [2.24, 2.45) is 5.92 Å². The van der Waals surface area contributed by atoms with Crippen LogP contribution in [0, 0.1) is 5.92 Å². The Morgan fingerprint density at radius 3 is 2.58 bits per heavy atom. The summed E-state index contributed by atoms with van der Waals surface area (Å²) in [6, 6.07) is 0. The molecule has 68 valence electrons. The standard InChI is InChI=1S/C7H11NO4/c9-4-5-1-2-8(3-5)6(10)7(11)12/h5,9H,1-4H2,(H,11,12)/t5-/m1/s1. The van der Waals surface area contributed by atoms with Crippen LogP contribution in [0.5, 0.6) is 0 Å². The first-order valence-electron chi connectivity index (χ1n) is 3.78. The van der Waals surface area contributed by atoms with Crippen LogP contribution in [0.4, 0.5) is 0 Å². The molecule has 1 fully saturated rings. The molecule has 1 aliphatic rings. The van der Waals surface area contributed by atoms with Gasteiger partial charge >= 0.3 is 11.9 Å². The van der Waals surface area contributed by atoms with E-state index in [1.165, 1.54) is 4.90 Å². The Morgan fingerprint density at radius 1 is 1.50 bits per heavy atom. The molecule has 0 radical (unpaired) electrons. The molecule has 2 N–H and O–H groups in total. The van der Waals surface area contributed by atoms with Gasteiger partial charge in [-0.05, 0) is 6.42 Å². The molecule has 1 aliphatic heterocycles. The Kier molecular flexibility index (Phi) is 2.65. The van der Waals surface area contributed by atoms with Crippen molar-refractivity contribution in [3.63, 3.8) is 0 Å². The van der Waals surface area contributed by atoms with Gasteiger partial charge in [0.05, 0.1) is 0 Å². The zero-order valence-electron chi connectivity index (χ0n) is 6.56. The highest BCUT2D eigenvalue weighted by Crippen LogP contribution is 2.14. The molecule has 0 bridgehead atoms. The van der Waals surface area contributed by atoms with E-state index in [2.05, 4.69) is 0 Å². The minimum Gasteiger partial charge on any atom is -0.474 e. The van der Waals surface area contributed by atoms with Crippen LogP contribution in [0.25, 0.3) is 0 Å². The molecule has 1 saturated heterocycles. The summed E-state index contributed by atoms with van der Waals surface area (Å²) in [4.78, 5) is 22.3. The van der Waals surface area contributed by atoms with Crippen LogP contribution in [-0.4, -0.2) is 46.7 Å². The van der Waals surface area contributed by atoms with Gasteiger partial charge in [-0.3, -0.25) is 4.79 Å². The van der Waals surface area contributed by atoms with Gasteiger partial charge in [0.1, 0.15) is 0 Å². The minimum atomic E-state index is -1.42.